The van der Waals surface area contributed by atoms with Gasteiger partial charge in [0.25, 0.3) is 0 Å². The minimum atomic E-state index is -0.687. The van der Waals surface area contributed by atoms with Crippen molar-refractivity contribution in [3.05, 3.63) is 0 Å². The van der Waals surface area contributed by atoms with Gasteiger partial charge in [-0.2, -0.15) is 0 Å². The highest BCUT2D eigenvalue weighted by Gasteiger charge is 2.11. The lowest BCUT2D eigenvalue weighted by molar-refractivity contribution is -0.229. The Hall–Kier alpha value is -0.120. The Labute approximate surface area is 74.7 Å². The van der Waals surface area contributed by atoms with Crippen molar-refractivity contribution in [3.63, 3.8) is 0 Å². The molecule has 0 aliphatic heterocycles. The zero-order valence-corrected chi connectivity index (χ0v) is 8.25. The molecule has 0 aliphatic carbocycles. The minimum Gasteiger partial charge on any atom is -0.368 e. The summed E-state index contributed by atoms with van der Waals surface area (Å²) in [7, 11) is 0. The number of aliphatic hydroxyl groups excluding tert-OH is 1. The Balaban J connectivity index is 3.61. The summed E-state index contributed by atoms with van der Waals surface area (Å²) in [4.78, 5) is 0. The second-order valence-corrected chi connectivity index (χ2v) is 2.67. The fraction of sp³-hybridized carbons (Fsp3) is 1.00. The zero-order valence-electron chi connectivity index (χ0n) is 8.25. The summed E-state index contributed by atoms with van der Waals surface area (Å²) in [5.41, 5.74) is 0. The molecule has 1 N–H and O–H groups in total. The van der Waals surface area contributed by atoms with Gasteiger partial charge in [0, 0.05) is 6.61 Å². The van der Waals surface area contributed by atoms with Crippen molar-refractivity contribution in [2.45, 2.75) is 52.6 Å². The van der Waals surface area contributed by atoms with Crippen molar-refractivity contribution in [3.8, 4) is 0 Å². The van der Waals surface area contributed by atoms with Gasteiger partial charge in [-0.3, -0.25) is 0 Å². The van der Waals surface area contributed by atoms with Crippen LogP contribution < -0.4 is 0 Å². The zero-order chi connectivity index (χ0) is 9.40. The SMILES string of the molecule is CCCC(OCC)OC(O)CC. The number of hydrogen-bond acceptors (Lipinski definition) is 3. The number of aliphatic hydroxyl groups is 1. The van der Waals surface area contributed by atoms with E-state index in [1.54, 1.807) is 0 Å². The van der Waals surface area contributed by atoms with Gasteiger partial charge in [-0.05, 0) is 19.8 Å². The van der Waals surface area contributed by atoms with Gasteiger partial charge in [0.15, 0.2) is 12.6 Å². The second-order valence-electron chi connectivity index (χ2n) is 2.67. The number of rotatable bonds is 7. The van der Waals surface area contributed by atoms with E-state index in [0.29, 0.717) is 13.0 Å². The van der Waals surface area contributed by atoms with E-state index < -0.39 is 6.29 Å². The molecule has 0 bridgehead atoms. The van der Waals surface area contributed by atoms with E-state index in [0.717, 1.165) is 12.8 Å². The van der Waals surface area contributed by atoms with Gasteiger partial charge in [0.05, 0.1) is 0 Å². The van der Waals surface area contributed by atoms with Crippen LogP contribution in [0.25, 0.3) is 0 Å². The monoisotopic (exact) mass is 176 g/mol. The van der Waals surface area contributed by atoms with Crippen LogP contribution >= 0.6 is 0 Å². The van der Waals surface area contributed by atoms with E-state index in [2.05, 4.69) is 6.92 Å². The predicted octanol–water partition coefficient (Wildman–Crippen LogP) is 1.89. The topological polar surface area (TPSA) is 38.7 Å². The minimum absolute atomic E-state index is 0.241. The first-order chi connectivity index (χ1) is 5.74. The van der Waals surface area contributed by atoms with Crippen LogP contribution in [0.15, 0.2) is 0 Å². The maximum atomic E-state index is 9.18. The van der Waals surface area contributed by atoms with Gasteiger partial charge in [-0.1, -0.05) is 20.3 Å². The van der Waals surface area contributed by atoms with E-state index in [-0.39, 0.29) is 6.29 Å². The number of hydrogen-bond donors (Lipinski definition) is 1. The van der Waals surface area contributed by atoms with Crippen molar-refractivity contribution in [1.82, 2.24) is 0 Å². The molecule has 0 aliphatic rings. The first kappa shape index (κ1) is 11.9. The normalized spacial score (nSPS) is 16.0. The van der Waals surface area contributed by atoms with Crippen LogP contribution in [-0.2, 0) is 9.47 Å². The smallest absolute Gasteiger partial charge is 0.160 e. The quantitative estimate of drug-likeness (QED) is 0.602. The van der Waals surface area contributed by atoms with E-state index >= 15 is 0 Å². The first-order valence-corrected chi connectivity index (χ1v) is 4.69. The van der Waals surface area contributed by atoms with Crippen LogP contribution in [0, 0.1) is 0 Å². The van der Waals surface area contributed by atoms with E-state index in [9.17, 15) is 5.11 Å². The maximum Gasteiger partial charge on any atom is 0.160 e. The largest absolute Gasteiger partial charge is 0.368 e. The molecule has 3 nitrogen and oxygen atoms in total. The Bertz CT molecular complexity index is 89.8. The molecule has 2 unspecified atom stereocenters. The second kappa shape index (κ2) is 7.53. The molecule has 12 heavy (non-hydrogen) atoms. The van der Waals surface area contributed by atoms with Crippen molar-refractivity contribution in [2.24, 2.45) is 0 Å². The van der Waals surface area contributed by atoms with Crippen LogP contribution in [0.3, 0.4) is 0 Å². The van der Waals surface area contributed by atoms with Gasteiger partial charge in [0.1, 0.15) is 0 Å². The Kier molecular flexibility index (Phi) is 7.45. The van der Waals surface area contributed by atoms with Gasteiger partial charge in [-0.25, -0.2) is 0 Å². The van der Waals surface area contributed by atoms with Crippen molar-refractivity contribution < 1.29 is 14.6 Å². The predicted molar refractivity (Wildman–Crippen MR) is 47.7 cm³/mol. The fourth-order valence-electron chi connectivity index (χ4n) is 0.884. The highest BCUT2D eigenvalue weighted by atomic mass is 16.7. The lowest BCUT2D eigenvalue weighted by Crippen LogP contribution is -2.24. The molecule has 0 spiro atoms. The van der Waals surface area contributed by atoms with Crippen LogP contribution in [0.5, 0.6) is 0 Å². The average molecular weight is 176 g/mol. The maximum absolute atomic E-state index is 9.18. The molecule has 0 amide bonds. The molecule has 0 fully saturated rings. The molecule has 0 radical (unpaired) electrons. The molecule has 2 atom stereocenters. The third-order valence-corrected chi connectivity index (χ3v) is 1.54. The summed E-state index contributed by atoms with van der Waals surface area (Å²) < 4.78 is 10.5. The highest BCUT2D eigenvalue weighted by Crippen LogP contribution is 2.07. The Morgan fingerprint density at radius 2 is 1.92 bits per heavy atom. The standard InChI is InChI=1S/C9H20O3/c1-4-7-9(11-6-3)12-8(10)5-2/h8-10H,4-7H2,1-3H3. The first-order valence-electron chi connectivity index (χ1n) is 4.69. The molecule has 74 valence electrons. The summed E-state index contributed by atoms with van der Waals surface area (Å²) in [6.45, 7) is 6.48. The summed E-state index contributed by atoms with van der Waals surface area (Å²) in [5.74, 6) is 0. The van der Waals surface area contributed by atoms with E-state index in [4.69, 9.17) is 9.47 Å². The van der Waals surface area contributed by atoms with Crippen LogP contribution in [0.1, 0.15) is 40.0 Å². The van der Waals surface area contributed by atoms with Crippen molar-refractivity contribution in [2.75, 3.05) is 6.61 Å². The summed E-state index contributed by atoms with van der Waals surface area (Å²) in [6.07, 6.45) is 1.52. The summed E-state index contributed by atoms with van der Waals surface area (Å²) in [6, 6.07) is 0. The van der Waals surface area contributed by atoms with Gasteiger partial charge < -0.3 is 14.6 Å². The van der Waals surface area contributed by atoms with Crippen molar-refractivity contribution >= 4 is 0 Å². The lowest BCUT2D eigenvalue weighted by atomic mass is 10.3. The molecular weight excluding hydrogens is 156 g/mol. The number of ether oxygens (including phenoxy) is 2. The molecule has 0 saturated carbocycles. The van der Waals surface area contributed by atoms with Crippen LogP contribution in [0.4, 0.5) is 0 Å². The van der Waals surface area contributed by atoms with Gasteiger partial charge in [-0.15, -0.1) is 0 Å². The third kappa shape index (κ3) is 5.52. The van der Waals surface area contributed by atoms with Crippen LogP contribution in [-0.4, -0.2) is 24.3 Å². The summed E-state index contributed by atoms with van der Waals surface area (Å²) in [5, 5.41) is 9.18. The molecule has 0 heterocycles. The van der Waals surface area contributed by atoms with Crippen molar-refractivity contribution in [1.29, 1.82) is 0 Å². The van der Waals surface area contributed by atoms with Gasteiger partial charge in [0.2, 0.25) is 0 Å². The van der Waals surface area contributed by atoms with E-state index in [1.807, 2.05) is 13.8 Å². The molecule has 0 aromatic heterocycles. The molecular formula is C9H20O3. The molecule has 0 rings (SSSR count). The molecule has 3 heteroatoms. The van der Waals surface area contributed by atoms with Gasteiger partial charge >= 0.3 is 0 Å². The third-order valence-electron chi connectivity index (χ3n) is 1.54. The van der Waals surface area contributed by atoms with Crippen LogP contribution in [0.2, 0.25) is 0 Å². The molecule has 0 aromatic rings. The Morgan fingerprint density at radius 1 is 1.25 bits per heavy atom. The summed E-state index contributed by atoms with van der Waals surface area (Å²) >= 11 is 0. The lowest BCUT2D eigenvalue weighted by Gasteiger charge is -2.19. The fourth-order valence-corrected chi connectivity index (χ4v) is 0.884. The average Bonchev–Trinajstić information content (AvgIpc) is 2.05. The Morgan fingerprint density at radius 3 is 2.33 bits per heavy atom. The molecule has 0 saturated heterocycles. The van der Waals surface area contributed by atoms with E-state index in [1.165, 1.54) is 0 Å². The highest BCUT2D eigenvalue weighted by molar-refractivity contribution is 4.45. The molecule has 0 aromatic carbocycles.